The minimum Gasteiger partial charge on any atom is -0.509 e. The van der Waals surface area contributed by atoms with Crippen LogP contribution in [0, 0.1) is 5.92 Å². The molecular weight excluding hydrogens is 515 g/mol. The van der Waals surface area contributed by atoms with Crippen LogP contribution in [0.15, 0.2) is 48.9 Å². The smallest absolute Gasteiger partial charge is 0.476 e. The van der Waals surface area contributed by atoms with E-state index in [1.165, 1.54) is 50.7 Å². The maximum Gasteiger partial charge on any atom is 0.476 e. The van der Waals surface area contributed by atoms with Gasteiger partial charge in [-0.1, -0.05) is 83.2 Å². The first-order chi connectivity index (χ1) is 19.9. The summed E-state index contributed by atoms with van der Waals surface area (Å²) in [6, 6.07) is 9.17. The molecule has 2 saturated heterocycles. The summed E-state index contributed by atoms with van der Waals surface area (Å²) in [6.07, 6.45) is 13.5. The third kappa shape index (κ3) is 7.82. The van der Waals surface area contributed by atoms with E-state index < -0.39 is 12.7 Å². The molecule has 0 radical (unpaired) electrons. The van der Waals surface area contributed by atoms with Gasteiger partial charge in [-0.25, -0.2) is 4.98 Å². The number of amides is 1. The van der Waals surface area contributed by atoms with Gasteiger partial charge in [0.25, 0.3) is 5.91 Å². The highest BCUT2D eigenvalue weighted by Gasteiger charge is 2.62. The first-order valence-electron chi connectivity index (χ1n) is 15.8. The number of hydrogen-bond acceptors (Lipinski definition) is 6. The van der Waals surface area contributed by atoms with E-state index in [-0.39, 0.29) is 23.2 Å². The van der Waals surface area contributed by atoms with E-state index in [4.69, 9.17) is 9.31 Å². The van der Waals surface area contributed by atoms with Crippen LogP contribution >= 0.6 is 0 Å². The number of fused-ring (bicyclic) bond motifs is 1. The van der Waals surface area contributed by atoms with Gasteiger partial charge in [-0.3, -0.25) is 14.6 Å². The minimum absolute atomic E-state index is 0.0108. The summed E-state index contributed by atoms with van der Waals surface area (Å²) in [7, 11) is 0. The van der Waals surface area contributed by atoms with Crippen LogP contribution in [0.3, 0.4) is 0 Å². The summed E-state index contributed by atoms with van der Waals surface area (Å²) in [5.74, 6) is -0.0370. The van der Waals surface area contributed by atoms with E-state index in [1.807, 2.05) is 30.3 Å². The fourth-order valence-electron chi connectivity index (χ4n) is 7.13. The van der Waals surface area contributed by atoms with Crippen molar-refractivity contribution >= 4 is 18.4 Å². The van der Waals surface area contributed by atoms with Gasteiger partial charge in [0.15, 0.2) is 5.78 Å². The Labute approximate surface area is 246 Å². The largest absolute Gasteiger partial charge is 0.509 e. The van der Waals surface area contributed by atoms with Crippen LogP contribution in [0.4, 0.5) is 0 Å². The molecule has 41 heavy (non-hydrogen) atoms. The average molecular weight is 565 g/mol. The van der Waals surface area contributed by atoms with Crippen molar-refractivity contribution in [3.8, 4) is 0 Å². The van der Waals surface area contributed by atoms with E-state index in [0.29, 0.717) is 32.0 Å². The topological polar surface area (TPSA) is 90.4 Å². The summed E-state index contributed by atoms with van der Waals surface area (Å²) in [5, 5.41) is 2.99. The van der Waals surface area contributed by atoms with E-state index in [9.17, 15) is 9.59 Å². The first-order valence-corrected chi connectivity index (χ1v) is 15.8. The monoisotopic (exact) mass is 564 g/mol. The molecule has 0 aliphatic carbocycles. The maximum absolute atomic E-state index is 14.2. The molecule has 2 fully saturated rings. The number of rotatable bonds is 17. The molecule has 1 aromatic carbocycles. The lowest BCUT2D eigenvalue weighted by Crippen LogP contribution is -2.66. The van der Waals surface area contributed by atoms with Crippen LogP contribution in [0.25, 0.3) is 0 Å². The van der Waals surface area contributed by atoms with Crippen molar-refractivity contribution < 1.29 is 23.3 Å². The highest BCUT2D eigenvalue weighted by Crippen LogP contribution is 2.47. The normalized spacial score (nSPS) is 23.3. The van der Waals surface area contributed by atoms with Crippen molar-refractivity contribution in [1.82, 2.24) is 15.3 Å². The number of ketones is 1. The summed E-state index contributed by atoms with van der Waals surface area (Å²) in [4.78, 5) is 35.4. The number of unbranched alkanes of at least 4 members (excludes halogenated alkanes) is 5. The Morgan fingerprint density at radius 2 is 1.71 bits per heavy atom. The molecule has 0 unspecified atom stereocenters. The zero-order valence-corrected chi connectivity index (χ0v) is 25.3. The summed E-state index contributed by atoms with van der Waals surface area (Å²) in [5.41, 5.74) is 1.20. The zero-order valence-electron chi connectivity index (χ0n) is 25.3. The number of carbonyl (C=O) groups is 2. The summed E-state index contributed by atoms with van der Waals surface area (Å²) < 4.78 is 14.1. The predicted octanol–water partition coefficient (Wildman–Crippen LogP) is 5.37. The molecule has 0 spiro atoms. The lowest BCUT2D eigenvalue weighted by atomic mass is 9.51. The minimum atomic E-state index is -1.67. The van der Waals surface area contributed by atoms with Gasteiger partial charge in [0.2, 0.25) is 0 Å². The Bertz CT molecular complexity index is 1090. The second kappa shape index (κ2) is 15.0. The fraction of sp³-hybridized carbons (Fsp3) is 0.625. The molecule has 8 nitrogen and oxygen atoms in total. The lowest BCUT2D eigenvalue weighted by Gasteiger charge is -2.51. The fourth-order valence-corrected chi connectivity index (χ4v) is 7.13. The van der Waals surface area contributed by atoms with Crippen LogP contribution in [-0.4, -0.2) is 71.6 Å². The maximum atomic E-state index is 14.2. The Hall–Kier alpha value is -2.62. The molecule has 9 heteroatoms. The molecule has 2 atom stereocenters. The predicted molar refractivity (Wildman–Crippen MR) is 162 cm³/mol. The molecule has 224 valence electrons. The third-order valence-corrected chi connectivity index (χ3v) is 9.11. The molecular formula is C32H49BN4O4. The average Bonchev–Trinajstić information content (AvgIpc) is 3.51. The molecule has 2 aromatic rings. The molecule has 1 amide bonds. The van der Waals surface area contributed by atoms with Crippen molar-refractivity contribution in [3.63, 3.8) is 0 Å². The standard InChI is InChI=1S/C32H49BN4O4/c1-4-5-6-7-8-12-17-37-18-20-40-33(37,41-21-19-37)28(22-26(2)3)24-31(38)29(23-27-13-10-9-11-14-27)36-32(39)30-25-34-15-16-35-30/h9-11,13-16,25-26,28-29H,4-8,12,17-24H2,1-3H3,(H,36,39)/t28-,29+,33?,37?/m1/s1. The van der Waals surface area contributed by atoms with Crippen LogP contribution in [-0.2, 0) is 20.5 Å². The van der Waals surface area contributed by atoms with Gasteiger partial charge in [0.05, 0.1) is 38.5 Å². The van der Waals surface area contributed by atoms with E-state index in [1.54, 1.807) is 0 Å². The second-order valence-corrected chi connectivity index (χ2v) is 12.5. The third-order valence-electron chi connectivity index (χ3n) is 9.11. The van der Waals surface area contributed by atoms with Gasteiger partial charge in [-0.05, 0) is 43.0 Å². The highest BCUT2D eigenvalue weighted by molar-refractivity contribution is 6.62. The quantitative estimate of drug-likeness (QED) is 0.205. The Morgan fingerprint density at radius 1 is 1.00 bits per heavy atom. The SMILES string of the molecule is CCCCCCCC[N+]12CCO[B-]1([C@@H](CC(=O)[C@H](Cc1ccccc1)NC(=O)c1cnccn1)CC(C)C)OCC2. The van der Waals surface area contributed by atoms with E-state index in [0.717, 1.165) is 42.4 Å². The van der Waals surface area contributed by atoms with Gasteiger partial charge < -0.3 is 19.0 Å². The van der Waals surface area contributed by atoms with Crippen molar-refractivity contribution in [2.24, 2.45) is 5.92 Å². The van der Waals surface area contributed by atoms with Gasteiger partial charge in [-0.15, -0.1) is 0 Å². The van der Waals surface area contributed by atoms with Crippen molar-refractivity contribution in [2.45, 2.75) is 90.4 Å². The van der Waals surface area contributed by atoms with Crippen LogP contribution in [0.1, 0.15) is 88.2 Å². The molecule has 1 aromatic heterocycles. The van der Waals surface area contributed by atoms with Gasteiger partial charge >= 0.3 is 6.69 Å². The first kappa shape index (κ1) is 31.3. The molecule has 3 heterocycles. The number of nitrogens with one attached hydrogen (secondary N) is 1. The van der Waals surface area contributed by atoms with E-state index in [2.05, 4.69) is 36.1 Å². The Morgan fingerprint density at radius 3 is 2.37 bits per heavy atom. The van der Waals surface area contributed by atoms with Crippen molar-refractivity contribution in [1.29, 1.82) is 0 Å². The number of Topliss-reactive ketones (excluding diaryl/α,β-unsaturated/α-hetero) is 1. The number of carbonyl (C=O) groups excluding carboxylic acids is 2. The van der Waals surface area contributed by atoms with Crippen LogP contribution in [0.5, 0.6) is 0 Å². The van der Waals surface area contributed by atoms with Crippen molar-refractivity contribution in [2.75, 3.05) is 32.8 Å². The van der Waals surface area contributed by atoms with Gasteiger partial charge in [-0.2, -0.15) is 0 Å². The highest BCUT2D eigenvalue weighted by atomic mass is 16.6. The van der Waals surface area contributed by atoms with Gasteiger partial charge in [0.1, 0.15) is 5.69 Å². The van der Waals surface area contributed by atoms with Crippen LogP contribution in [0.2, 0.25) is 5.82 Å². The Kier molecular flexibility index (Phi) is 11.5. The zero-order chi connectivity index (χ0) is 29.1. The van der Waals surface area contributed by atoms with Gasteiger partial charge in [0, 0.05) is 18.9 Å². The lowest BCUT2D eigenvalue weighted by molar-refractivity contribution is -0.823. The number of nitrogens with zero attached hydrogens (tertiary/aromatic N) is 3. The van der Waals surface area contributed by atoms with E-state index >= 15 is 0 Å². The molecule has 0 saturated carbocycles. The van der Waals surface area contributed by atoms with Crippen molar-refractivity contribution in [3.05, 3.63) is 60.2 Å². The molecule has 0 bridgehead atoms. The number of aromatic nitrogens is 2. The Balaban J connectivity index is 1.53. The number of hydrogen-bond donors (Lipinski definition) is 1. The number of quaternary nitrogens is 1. The second-order valence-electron chi connectivity index (χ2n) is 12.5. The summed E-state index contributed by atoms with van der Waals surface area (Å²) in [6.45, 7) is 9.29. The molecule has 2 aliphatic heterocycles. The molecule has 4 rings (SSSR count). The van der Waals surface area contributed by atoms with Crippen LogP contribution < -0.4 is 5.32 Å². The number of benzene rings is 1. The molecule has 1 N–H and O–H groups in total. The summed E-state index contributed by atoms with van der Waals surface area (Å²) >= 11 is 0. The molecule has 2 aliphatic rings.